The molecule has 0 aliphatic carbocycles. The van der Waals surface area contributed by atoms with Gasteiger partial charge in [-0.1, -0.05) is 38.7 Å². The average molecular weight is 300 g/mol. The number of benzene rings is 1. The summed E-state index contributed by atoms with van der Waals surface area (Å²) < 4.78 is 5.03. The van der Waals surface area contributed by atoms with Gasteiger partial charge in [0.2, 0.25) is 0 Å². The summed E-state index contributed by atoms with van der Waals surface area (Å²) in [6.07, 6.45) is 4.81. The van der Waals surface area contributed by atoms with E-state index in [2.05, 4.69) is 6.92 Å². The number of Topliss-reactive ketones (excluding diaryl/α,β-unsaturated/α-hetero) is 1. The molecule has 21 heavy (non-hydrogen) atoms. The molecule has 0 aliphatic rings. The number of rotatable bonds is 10. The minimum absolute atomic E-state index is 0.0866. The maximum atomic E-state index is 11.9. The lowest BCUT2D eigenvalue weighted by atomic mass is 10.0. The molecule has 1 unspecified atom stereocenters. The molecule has 0 saturated heterocycles. The van der Waals surface area contributed by atoms with Gasteiger partial charge in [0, 0.05) is 6.42 Å². The lowest BCUT2D eigenvalue weighted by molar-refractivity contribution is -0.127. The first-order valence-corrected chi connectivity index (χ1v) is 7.65. The van der Waals surface area contributed by atoms with Crippen molar-refractivity contribution in [3.8, 4) is 11.5 Å². The van der Waals surface area contributed by atoms with Crippen molar-refractivity contribution in [3.05, 3.63) is 23.8 Å². The number of phenols is 1. The molecule has 1 rings (SSSR count). The topological polar surface area (TPSA) is 66.8 Å². The number of aliphatic hydroxyl groups is 1. The fourth-order valence-electron chi connectivity index (χ4n) is 2.24. The van der Waals surface area contributed by atoms with Gasteiger partial charge in [0.25, 0.3) is 0 Å². The van der Waals surface area contributed by atoms with Crippen LogP contribution in [0.2, 0.25) is 0 Å². The quantitative estimate of drug-likeness (QED) is 0.651. The van der Waals surface area contributed by atoms with E-state index in [1.54, 1.807) is 18.2 Å². The van der Waals surface area contributed by atoms with Crippen LogP contribution in [0.5, 0.6) is 11.5 Å². The number of hydrogen-bond donors (Lipinski definition) is 2. The van der Waals surface area contributed by atoms with Crippen molar-refractivity contribution in [2.75, 3.05) is 7.11 Å². The van der Waals surface area contributed by atoms with Crippen molar-refractivity contribution < 1.29 is 19.7 Å². The van der Waals surface area contributed by atoms with Gasteiger partial charge in [0.05, 0.1) is 7.11 Å². The smallest absolute Gasteiger partial charge is 0.161 e. The number of ketones is 1. The second kappa shape index (κ2) is 9.40. The highest BCUT2D eigenvalue weighted by Gasteiger charge is 2.14. The number of unbranched alkanes of at least 4 members (excludes halogenated alkanes) is 3. The first kappa shape index (κ1) is 17.5. The molecular weight excluding hydrogens is 274 g/mol. The summed E-state index contributed by atoms with van der Waals surface area (Å²) >= 11 is 0. The van der Waals surface area contributed by atoms with Gasteiger partial charge in [-0.05, 0) is 30.5 Å². The zero-order valence-electron chi connectivity index (χ0n) is 13.0. The van der Waals surface area contributed by atoms with E-state index in [-0.39, 0.29) is 11.5 Å². The number of ether oxygens (including phenoxy) is 1. The van der Waals surface area contributed by atoms with Crippen LogP contribution in [-0.2, 0) is 11.2 Å². The Morgan fingerprint density at radius 2 is 2.05 bits per heavy atom. The highest BCUT2D eigenvalue weighted by Crippen LogP contribution is 2.26. The SMILES string of the molecule is CCCCCCC(O)C(=O)CC[13c]1[13cH][13cH][13c](O)[13c](OC)[13cH]1. The van der Waals surface area contributed by atoms with E-state index < -0.39 is 6.10 Å². The molecule has 0 amide bonds. The fourth-order valence-corrected chi connectivity index (χ4v) is 2.24. The predicted molar refractivity (Wildman–Crippen MR) is 82.8 cm³/mol. The highest BCUT2D eigenvalue weighted by atomic mass is 16.6. The van der Waals surface area contributed by atoms with Gasteiger partial charge in [-0.15, -0.1) is 0 Å². The minimum atomic E-state index is -0.846. The first-order valence-electron chi connectivity index (χ1n) is 7.65. The Hall–Kier alpha value is -1.55. The number of hydrogen-bond acceptors (Lipinski definition) is 4. The molecule has 1 aromatic rings. The highest BCUT2D eigenvalue weighted by molar-refractivity contribution is 5.82. The van der Waals surface area contributed by atoms with Gasteiger partial charge < -0.3 is 14.9 Å². The van der Waals surface area contributed by atoms with E-state index in [1.807, 2.05) is 0 Å². The molecule has 2 N–H and O–H groups in total. The summed E-state index contributed by atoms with van der Waals surface area (Å²) in [7, 11) is 1.49. The molecule has 0 heterocycles. The Morgan fingerprint density at radius 3 is 2.71 bits per heavy atom. The molecule has 0 fully saturated rings. The number of carbonyl (C=O) groups excluding carboxylic acids is 1. The molecule has 118 valence electrons. The largest absolute Gasteiger partial charge is 0.504 e. The van der Waals surface area contributed by atoms with Crippen LogP contribution in [0, 0.1) is 0 Å². The molecule has 0 radical (unpaired) electrons. The summed E-state index contributed by atoms with van der Waals surface area (Å²) in [5.74, 6) is 0.377. The second-order valence-corrected chi connectivity index (χ2v) is 5.34. The van der Waals surface area contributed by atoms with Crippen LogP contribution in [0.1, 0.15) is 51.0 Å². The molecule has 1 aromatic carbocycles. The monoisotopic (exact) mass is 300 g/mol. The number of aliphatic hydroxyl groups excluding tert-OH is 1. The Labute approximate surface area is 126 Å². The molecule has 0 bridgehead atoms. The Morgan fingerprint density at radius 1 is 1.29 bits per heavy atom. The van der Waals surface area contributed by atoms with Crippen LogP contribution in [0.25, 0.3) is 0 Å². The van der Waals surface area contributed by atoms with Gasteiger partial charge in [0.1, 0.15) is 6.10 Å². The molecule has 0 aliphatic heterocycles. The van der Waals surface area contributed by atoms with Crippen LogP contribution >= 0.6 is 0 Å². The number of aromatic hydroxyl groups is 1. The van der Waals surface area contributed by atoms with E-state index in [0.29, 0.717) is 25.0 Å². The van der Waals surface area contributed by atoms with Crippen LogP contribution in [0.4, 0.5) is 0 Å². The Kier molecular flexibility index (Phi) is 7.83. The van der Waals surface area contributed by atoms with Gasteiger partial charge in [0.15, 0.2) is 17.3 Å². The van der Waals surface area contributed by atoms with E-state index in [4.69, 9.17) is 4.74 Å². The average Bonchev–Trinajstić information content (AvgIpc) is 2.50. The van der Waals surface area contributed by atoms with Crippen LogP contribution in [0.15, 0.2) is 18.2 Å². The van der Waals surface area contributed by atoms with Crippen molar-refractivity contribution in [2.45, 2.75) is 58.0 Å². The first-order chi connectivity index (χ1) is 10.1. The number of methoxy groups -OCH3 is 1. The van der Waals surface area contributed by atoms with Gasteiger partial charge in [-0.3, -0.25) is 4.79 Å². The summed E-state index contributed by atoms with van der Waals surface area (Å²) in [6, 6.07) is 5.04. The van der Waals surface area contributed by atoms with E-state index >= 15 is 0 Å². The second-order valence-electron chi connectivity index (χ2n) is 5.34. The predicted octanol–water partition coefficient (Wildman–Crippen LogP) is 3.23. The molecular formula is C17H26O4. The number of aryl methyl sites for hydroxylation is 1. The lowest BCUT2D eigenvalue weighted by Crippen LogP contribution is -2.20. The summed E-state index contributed by atoms with van der Waals surface area (Å²) in [5.41, 5.74) is 0.913. The summed E-state index contributed by atoms with van der Waals surface area (Å²) in [5, 5.41) is 19.3. The van der Waals surface area contributed by atoms with E-state index in [1.165, 1.54) is 7.11 Å². The Bertz CT molecular complexity index is 442. The number of phenolic OH excluding ortho intramolecular Hbond substituents is 1. The standard InChI is InChI=1S/C17H26O4/c1-3-4-5-6-7-14(18)15(19)10-8-13-9-11-16(20)17(12-13)21-2/h9,11-12,14,18,20H,3-8,10H2,1-2H3/i9+1,11+1,12+1,13+1,16+1,17+1. The molecule has 0 spiro atoms. The lowest BCUT2D eigenvalue weighted by Gasteiger charge is -2.10. The minimum Gasteiger partial charge on any atom is -0.504 e. The van der Waals surface area contributed by atoms with Gasteiger partial charge in [-0.2, -0.15) is 0 Å². The van der Waals surface area contributed by atoms with E-state index in [9.17, 15) is 15.0 Å². The Balaban J connectivity index is 2.38. The van der Waals surface area contributed by atoms with E-state index in [0.717, 1.165) is 31.2 Å². The molecule has 1 atom stereocenters. The van der Waals surface area contributed by atoms with Gasteiger partial charge >= 0.3 is 0 Å². The fraction of sp³-hybridized carbons (Fsp3) is 0.588. The summed E-state index contributed by atoms with van der Waals surface area (Å²) in [6.45, 7) is 2.13. The maximum absolute atomic E-state index is 11.9. The van der Waals surface area contributed by atoms with Crippen molar-refractivity contribution in [3.63, 3.8) is 0 Å². The van der Waals surface area contributed by atoms with Crippen molar-refractivity contribution in [2.24, 2.45) is 0 Å². The van der Waals surface area contributed by atoms with Crippen molar-refractivity contribution in [1.29, 1.82) is 0 Å². The molecule has 4 nitrogen and oxygen atoms in total. The third kappa shape index (κ3) is 6.17. The maximum Gasteiger partial charge on any atom is 0.161 e. The van der Waals surface area contributed by atoms with Gasteiger partial charge in [-0.25, -0.2) is 0 Å². The zero-order valence-corrected chi connectivity index (χ0v) is 13.0. The van der Waals surface area contributed by atoms with Crippen LogP contribution in [-0.4, -0.2) is 29.2 Å². The molecule has 0 aromatic heterocycles. The molecule has 0 saturated carbocycles. The number of carbonyl (C=O) groups is 1. The van der Waals surface area contributed by atoms with Crippen molar-refractivity contribution >= 4 is 5.78 Å². The van der Waals surface area contributed by atoms with Crippen LogP contribution in [0.3, 0.4) is 0 Å². The zero-order chi connectivity index (χ0) is 15.7. The molecule has 4 heteroatoms. The van der Waals surface area contributed by atoms with Crippen molar-refractivity contribution in [1.82, 2.24) is 0 Å². The van der Waals surface area contributed by atoms with Crippen LogP contribution < -0.4 is 4.74 Å². The normalized spacial score (nSPS) is 12.1. The third-order valence-electron chi connectivity index (χ3n) is 3.61. The third-order valence-corrected chi connectivity index (χ3v) is 3.61. The summed E-state index contributed by atoms with van der Waals surface area (Å²) in [4.78, 5) is 11.9.